The zero-order valence-electron chi connectivity index (χ0n) is 13.0. The standard InChI is InChI=1S/C15H22N2O4S/c1-12-3-4-14(13(2)11-12)22(19,20)16-6-5-15(18)17-7-9-21-10-8-17/h3-4,11,16H,5-10H2,1-2H3. The lowest BCUT2D eigenvalue weighted by Gasteiger charge is -2.26. The van der Waals surface area contributed by atoms with Crippen LogP contribution < -0.4 is 4.72 Å². The van der Waals surface area contributed by atoms with Crippen LogP contribution in [0.2, 0.25) is 0 Å². The lowest BCUT2D eigenvalue weighted by atomic mass is 10.2. The van der Waals surface area contributed by atoms with Gasteiger partial charge >= 0.3 is 0 Å². The van der Waals surface area contributed by atoms with E-state index >= 15 is 0 Å². The van der Waals surface area contributed by atoms with Crippen molar-refractivity contribution in [3.8, 4) is 0 Å². The summed E-state index contributed by atoms with van der Waals surface area (Å²) < 4.78 is 32.2. The van der Waals surface area contributed by atoms with Crippen molar-refractivity contribution in [2.24, 2.45) is 0 Å². The van der Waals surface area contributed by atoms with Crippen LogP contribution in [0, 0.1) is 13.8 Å². The molecule has 1 amide bonds. The summed E-state index contributed by atoms with van der Waals surface area (Å²) in [5, 5.41) is 0. The lowest BCUT2D eigenvalue weighted by Crippen LogP contribution is -2.42. The number of ether oxygens (including phenoxy) is 1. The van der Waals surface area contributed by atoms with Crippen molar-refractivity contribution in [1.29, 1.82) is 0 Å². The molecule has 1 N–H and O–H groups in total. The molecule has 1 fully saturated rings. The highest BCUT2D eigenvalue weighted by molar-refractivity contribution is 7.89. The minimum atomic E-state index is -3.58. The number of morpholine rings is 1. The van der Waals surface area contributed by atoms with Crippen molar-refractivity contribution in [2.75, 3.05) is 32.8 Å². The molecule has 0 radical (unpaired) electrons. The average Bonchev–Trinajstić information content (AvgIpc) is 2.47. The maximum atomic E-state index is 12.3. The van der Waals surface area contributed by atoms with Gasteiger partial charge in [-0.1, -0.05) is 17.7 Å². The Bertz CT molecular complexity index is 637. The SMILES string of the molecule is Cc1ccc(S(=O)(=O)NCCC(=O)N2CCOCC2)c(C)c1. The molecule has 0 aliphatic carbocycles. The van der Waals surface area contributed by atoms with Crippen LogP contribution in [0.1, 0.15) is 17.5 Å². The van der Waals surface area contributed by atoms with Crippen LogP contribution in [0.25, 0.3) is 0 Å². The van der Waals surface area contributed by atoms with Crippen LogP contribution in [0.3, 0.4) is 0 Å². The van der Waals surface area contributed by atoms with Crippen molar-refractivity contribution >= 4 is 15.9 Å². The van der Waals surface area contributed by atoms with E-state index in [1.165, 1.54) is 0 Å². The molecule has 2 rings (SSSR count). The van der Waals surface area contributed by atoms with E-state index in [1.807, 2.05) is 13.0 Å². The molecule has 6 nitrogen and oxygen atoms in total. The molecule has 0 unspecified atom stereocenters. The third-order valence-corrected chi connectivity index (χ3v) is 5.24. The van der Waals surface area contributed by atoms with Crippen LogP contribution in [-0.2, 0) is 19.6 Å². The van der Waals surface area contributed by atoms with Crippen molar-refractivity contribution in [3.05, 3.63) is 29.3 Å². The highest BCUT2D eigenvalue weighted by Crippen LogP contribution is 2.16. The Hall–Kier alpha value is -1.44. The molecular formula is C15H22N2O4S. The van der Waals surface area contributed by atoms with Crippen molar-refractivity contribution < 1.29 is 17.9 Å². The van der Waals surface area contributed by atoms with Crippen molar-refractivity contribution in [3.63, 3.8) is 0 Å². The first-order valence-corrected chi connectivity index (χ1v) is 8.81. The topological polar surface area (TPSA) is 75.7 Å². The second-order valence-corrected chi connectivity index (χ2v) is 7.15. The molecule has 0 saturated carbocycles. The summed E-state index contributed by atoms with van der Waals surface area (Å²) in [7, 11) is -3.58. The molecule has 7 heteroatoms. The monoisotopic (exact) mass is 326 g/mol. The zero-order valence-corrected chi connectivity index (χ0v) is 13.8. The van der Waals surface area contributed by atoms with Crippen LogP contribution in [-0.4, -0.2) is 52.1 Å². The second-order valence-electron chi connectivity index (χ2n) is 5.41. The smallest absolute Gasteiger partial charge is 0.240 e. The number of rotatable bonds is 5. The number of carbonyl (C=O) groups excluding carboxylic acids is 1. The number of aryl methyl sites for hydroxylation is 2. The Morgan fingerprint density at radius 2 is 1.95 bits per heavy atom. The molecule has 0 aromatic heterocycles. The van der Waals surface area contributed by atoms with E-state index in [4.69, 9.17) is 4.74 Å². The molecule has 0 bridgehead atoms. The molecule has 122 valence electrons. The predicted molar refractivity (Wildman–Crippen MR) is 83.1 cm³/mol. The van der Waals surface area contributed by atoms with E-state index in [9.17, 15) is 13.2 Å². The summed E-state index contributed by atoms with van der Waals surface area (Å²) in [4.78, 5) is 13.9. The maximum absolute atomic E-state index is 12.3. The molecule has 1 aliphatic heterocycles. The second kappa shape index (κ2) is 7.21. The first-order chi connectivity index (χ1) is 10.4. The number of carbonyl (C=O) groups is 1. The van der Waals surface area contributed by atoms with Crippen LogP contribution in [0.15, 0.2) is 23.1 Å². The zero-order chi connectivity index (χ0) is 16.2. The fraction of sp³-hybridized carbons (Fsp3) is 0.533. The van der Waals surface area contributed by atoms with E-state index in [2.05, 4.69) is 4.72 Å². The van der Waals surface area contributed by atoms with Gasteiger partial charge in [-0.05, 0) is 25.5 Å². The Balaban J connectivity index is 1.91. The minimum Gasteiger partial charge on any atom is -0.378 e. The molecule has 1 aromatic rings. The Morgan fingerprint density at radius 3 is 2.59 bits per heavy atom. The largest absolute Gasteiger partial charge is 0.378 e. The number of amides is 1. The molecule has 22 heavy (non-hydrogen) atoms. The average molecular weight is 326 g/mol. The van der Waals surface area contributed by atoms with E-state index < -0.39 is 10.0 Å². The third-order valence-electron chi connectivity index (χ3n) is 3.61. The first-order valence-electron chi connectivity index (χ1n) is 7.32. The minimum absolute atomic E-state index is 0.0494. The van der Waals surface area contributed by atoms with Gasteiger partial charge in [0, 0.05) is 26.1 Å². The Labute approximate surface area is 131 Å². The van der Waals surface area contributed by atoms with Gasteiger partial charge in [0.05, 0.1) is 18.1 Å². The number of hydrogen-bond acceptors (Lipinski definition) is 4. The Kier molecular flexibility index (Phi) is 5.55. The van der Waals surface area contributed by atoms with Crippen LogP contribution in [0.5, 0.6) is 0 Å². The summed E-state index contributed by atoms with van der Waals surface area (Å²) >= 11 is 0. The van der Waals surface area contributed by atoms with Gasteiger partial charge in [0.2, 0.25) is 15.9 Å². The van der Waals surface area contributed by atoms with Crippen LogP contribution in [0.4, 0.5) is 0 Å². The van der Waals surface area contributed by atoms with Gasteiger partial charge in [-0.15, -0.1) is 0 Å². The number of nitrogens with one attached hydrogen (secondary N) is 1. The lowest BCUT2D eigenvalue weighted by molar-refractivity contribution is -0.135. The predicted octanol–water partition coefficient (Wildman–Crippen LogP) is 0.831. The van der Waals surface area contributed by atoms with Gasteiger partial charge < -0.3 is 9.64 Å². The van der Waals surface area contributed by atoms with Crippen molar-refractivity contribution in [1.82, 2.24) is 9.62 Å². The fourth-order valence-corrected chi connectivity index (χ4v) is 3.70. The number of sulfonamides is 1. The van der Waals surface area contributed by atoms with E-state index in [0.717, 1.165) is 5.56 Å². The summed E-state index contributed by atoms with van der Waals surface area (Å²) in [6, 6.07) is 5.19. The fourth-order valence-electron chi connectivity index (χ4n) is 2.44. The molecule has 1 heterocycles. The molecule has 1 saturated heterocycles. The summed E-state index contributed by atoms with van der Waals surface area (Å²) in [5.74, 6) is -0.0494. The van der Waals surface area contributed by atoms with Gasteiger partial charge in [0.25, 0.3) is 0 Å². The molecule has 0 atom stereocenters. The highest BCUT2D eigenvalue weighted by Gasteiger charge is 2.19. The van der Waals surface area contributed by atoms with E-state index in [1.54, 1.807) is 24.0 Å². The summed E-state index contributed by atoms with van der Waals surface area (Å²) in [5.41, 5.74) is 1.71. The summed E-state index contributed by atoms with van der Waals surface area (Å²) in [6.07, 6.45) is 0.157. The van der Waals surface area contributed by atoms with Crippen LogP contribution >= 0.6 is 0 Å². The van der Waals surface area contributed by atoms with Gasteiger partial charge in [0.1, 0.15) is 0 Å². The Morgan fingerprint density at radius 1 is 1.27 bits per heavy atom. The van der Waals surface area contributed by atoms with Gasteiger partial charge in [0.15, 0.2) is 0 Å². The quantitative estimate of drug-likeness (QED) is 0.870. The molecular weight excluding hydrogens is 304 g/mol. The maximum Gasteiger partial charge on any atom is 0.240 e. The third kappa shape index (κ3) is 4.28. The molecule has 0 spiro atoms. The van der Waals surface area contributed by atoms with Crippen molar-refractivity contribution in [2.45, 2.75) is 25.2 Å². The van der Waals surface area contributed by atoms with E-state index in [-0.39, 0.29) is 23.8 Å². The van der Waals surface area contributed by atoms with Gasteiger partial charge in [-0.2, -0.15) is 0 Å². The van der Waals surface area contributed by atoms with Gasteiger partial charge in [-0.3, -0.25) is 4.79 Å². The first kappa shape index (κ1) is 16.9. The van der Waals surface area contributed by atoms with E-state index in [0.29, 0.717) is 31.9 Å². The van der Waals surface area contributed by atoms with Gasteiger partial charge in [-0.25, -0.2) is 13.1 Å². The number of benzene rings is 1. The molecule has 1 aromatic carbocycles. The highest BCUT2D eigenvalue weighted by atomic mass is 32.2. The molecule has 1 aliphatic rings. The number of nitrogens with zero attached hydrogens (tertiary/aromatic N) is 1. The summed E-state index contributed by atoms with van der Waals surface area (Å²) in [6.45, 7) is 6.01. The number of hydrogen-bond donors (Lipinski definition) is 1. The normalized spacial score (nSPS) is 15.8.